The minimum Gasteiger partial charge on any atom is -0.497 e. The Hall–Kier alpha value is -3.30. The van der Waals surface area contributed by atoms with Crippen LogP contribution in [-0.2, 0) is 18.0 Å². The number of methoxy groups -OCH3 is 1. The molecule has 7 nitrogen and oxygen atoms in total. The highest BCUT2D eigenvalue weighted by atomic mass is 19.4. The van der Waals surface area contributed by atoms with E-state index in [0.717, 1.165) is 6.07 Å². The van der Waals surface area contributed by atoms with Gasteiger partial charge in [0.15, 0.2) is 12.3 Å². The van der Waals surface area contributed by atoms with E-state index in [-0.39, 0.29) is 22.6 Å². The number of nitrogens with one attached hydrogen (secondary N) is 1. The number of hydrogen-bond donors (Lipinski definition) is 1. The summed E-state index contributed by atoms with van der Waals surface area (Å²) < 4.78 is 51.8. The maximum absolute atomic E-state index is 13.4. The predicted octanol–water partition coefficient (Wildman–Crippen LogP) is 3.32. The van der Waals surface area contributed by atoms with Gasteiger partial charge in [-0.15, -0.1) is 0 Å². The number of anilines is 1. The molecular formula is C18H17F3N4O3. The molecule has 0 spiro atoms. The lowest BCUT2D eigenvalue weighted by atomic mass is 10.1. The number of ether oxygens (including phenoxy) is 2. The first-order chi connectivity index (χ1) is 13.2. The van der Waals surface area contributed by atoms with Crippen molar-refractivity contribution >= 4 is 22.6 Å². The number of alkyl halides is 3. The van der Waals surface area contributed by atoms with Crippen LogP contribution >= 0.6 is 0 Å². The molecule has 3 aromatic rings. The predicted molar refractivity (Wildman–Crippen MR) is 95.4 cm³/mol. The summed E-state index contributed by atoms with van der Waals surface area (Å²) in [6.07, 6.45) is -4.62. The van der Waals surface area contributed by atoms with Gasteiger partial charge < -0.3 is 14.8 Å². The molecule has 2 aromatic heterocycles. The number of fused-ring (bicyclic) bond motifs is 1. The van der Waals surface area contributed by atoms with Crippen LogP contribution in [-0.4, -0.2) is 34.4 Å². The van der Waals surface area contributed by atoms with Gasteiger partial charge in [0.1, 0.15) is 5.75 Å². The summed E-state index contributed by atoms with van der Waals surface area (Å²) in [7, 11) is 2.98. The van der Waals surface area contributed by atoms with E-state index in [1.54, 1.807) is 24.3 Å². The van der Waals surface area contributed by atoms with Crippen molar-refractivity contribution in [2.45, 2.75) is 13.1 Å². The molecule has 0 saturated heterocycles. The molecule has 1 N–H and O–H groups in total. The molecule has 0 aliphatic carbocycles. The minimum atomic E-state index is -4.62. The number of carbonyl (C=O) groups excluding carboxylic acids is 1. The first-order valence-corrected chi connectivity index (χ1v) is 8.17. The molecule has 10 heteroatoms. The van der Waals surface area contributed by atoms with Gasteiger partial charge in [0.25, 0.3) is 5.91 Å². The third-order valence-corrected chi connectivity index (χ3v) is 3.96. The Bertz CT molecular complexity index is 1030. The van der Waals surface area contributed by atoms with Crippen LogP contribution < -0.4 is 14.8 Å². The summed E-state index contributed by atoms with van der Waals surface area (Å²) in [6, 6.07) is 7.41. The molecule has 0 radical (unpaired) electrons. The summed E-state index contributed by atoms with van der Waals surface area (Å²) in [4.78, 5) is 16.1. The number of halogens is 3. The largest absolute Gasteiger partial charge is 0.497 e. The number of benzene rings is 1. The smallest absolute Gasteiger partial charge is 0.417 e. The zero-order chi connectivity index (χ0) is 20.5. The lowest BCUT2D eigenvalue weighted by Gasteiger charge is -2.12. The molecular weight excluding hydrogens is 377 g/mol. The second-order valence-electron chi connectivity index (χ2n) is 5.98. The van der Waals surface area contributed by atoms with Gasteiger partial charge in [-0.1, -0.05) is 6.07 Å². The lowest BCUT2D eigenvalue weighted by molar-refractivity contribution is -0.136. The van der Waals surface area contributed by atoms with Crippen LogP contribution in [0.4, 0.5) is 18.9 Å². The molecule has 0 fully saturated rings. The minimum absolute atomic E-state index is 0.0236. The van der Waals surface area contributed by atoms with Crippen LogP contribution in [0.2, 0.25) is 0 Å². The summed E-state index contributed by atoms with van der Waals surface area (Å²) in [6.45, 7) is 0.964. The van der Waals surface area contributed by atoms with E-state index in [0.29, 0.717) is 11.4 Å². The monoisotopic (exact) mass is 394 g/mol. The second-order valence-corrected chi connectivity index (χ2v) is 5.98. The van der Waals surface area contributed by atoms with Crippen LogP contribution in [0.25, 0.3) is 11.0 Å². The molecule has 28 heavy (non-hydrogen) atoms. The van der Waals surface area contributed by atoms with Gasteiger partial charge in [0, 0.05) is 24.9 Å². The van der Waals surface area contributed by atoms with Gasteiger partial charge in [0.2, 0.25) is 5.88 Å². The van der Waals surface area contributed by atoms with Crippen LogP contribution in [0, 0.1) is 6.92 Å². The van der Waals surface area contributed by atoms with E-state index in [4.69, 9.17) is 9.47 Å². The van der Waals surface area contributed by atoms with Gasteiger partial charge in [-0.3, -0.25) is 9.48 Å². The van der Waals surface area contributed by atoms with Crippen molar-refractivity contribution in [1.29, 1.82) is 0 Å². The molecule has 0 saturated carbocycles. The Labute approximate surface area is 158 Å². The molecule has 1 amide bonds. The first kappa shape index (κ1) is 19.5. The highest BCUT2D eigenvalue weighted by molar-refractivity contribution is 5.92. The van der Waals surface area contributed by atoms with Gasteiger partial charge >= 0.3 is 6.18 Å². The van der Waals surface area contributed by atoms with Gasteiger partial charge in [0.05, 0.1) is 23.8 Å². The number of nitrogens with zero attached hydrogens (tertiary/aromatic N) is 3. The Balaban J connectivity index is 1.80. The van der Waals surface area contributed by atoms with Crippen LogP contribution in [0.5, 0.6) is 11.6 Å². The molecule has 0 aliphatic rings. The number of pyridine rings is 1. The van der Waals surface area contributed by atoms with Gasteiger partial charge in [-0.2, -0.15) is 23.3 Å². The zero-order valence-corrected chi connectivity index (χ0v) is 15.3. The fourth-order valence-electron chi connectivity index (χ4n) is 2.76. The molecule has 2 heterocycles. The molecule has 0 atom stereocenters. The molecule has 1 aromatic carbocycles. The van der Waals surface area contributed by atoms with Gasteiger partial charge in [-0.05, 0) is 19.1 Å². The Morgan fingerprint density at radius 1 is 1.29 bits per heavy atom. The summed E-state index contributed by atoms with van der Waals surface area (Å²) in [5, 5.41) is 6.46. The van der Waals surface area contributed by atoms with Crippen LogP contribution in [0.1, 0.15) is 11.3 Å². The number of carbonyl (C=O) groups is 1. The van der Waals surface area contributed by atoms with Crippen molar-refractivity contribution in [3.8, 4) is 11.6 Å². The standard InChI is InChI=1S/C18H17F3N4O3/c1-10-16-13(18(19,20)21)8-15(23-17(16)25(2)24-10)28-9-14(26)22-11-5-4-6-12(7-11)27-3/h4-8H,9H2,1-3H3,(H,22,26). The maximum atomic E-state index is 13.4. The maximum Gasteiger partial charge on any atom is 0.417 e. The molecule has 0 unspecified atom stereocenters. The van der Waals surface area contributed by atoms with Crippen LogP contribution in [0.15, 0.2) is 30.3 Å². The van der Waals surface area contributed by atoms with E-state index in [9.17, 15) is 18.0 Å². The summed E-state index contributed by atoms with van der Waals surface area (Å²) >= 11 is 0. The molecule has 3 rings (SSSR count). The third-order valence-electron chi connectivity index (χ3n) is 3.96. The second kappa shape index (κ2) is 7.37. The fourth-order valence-corrected chi connectivity index (χ4v) is 2.76. The average Bonchev–Trinajstić information content (AvgIpc) is 2.92. The SMILES string of the molecule is COc1cccc(NC(=O)COc2cc(C(F)(F)F)c3c(C)nn(C)c3n2)c1. The van der Waals surface area contributed by atoms with Crippen molar-refractivity contribution in [3.63, 3.8) is 0 Å². The summed E-state index contributed by atoms with van der Waals surface area (Å²) in [5.74, 6) is -0.319. The Morgan fingerprint density at radius 2 is 2.04 bits per heavy atom. The molecule has 148 valence electrons. The van der Waals surface area contributed by atoms with Crippen molar-refractivity contribution in [2.75, 3.05) is 19.0 Å². The Kier molecular flexibility index (Phi) is 5.12. The van der Waals surface area contributed by atoms with E-state index in [1.807, 2.05) is 0 Å². The van der Waals surface area contributed by atoms with Crippen molar-refractivity contribution in [2.24, 2.45) is 7.05 Å². The van der Waals surface area contributed by atoms with Crippen molar-refractivity contribution in [1.82, 2.24) is 14.8 Å². The quantitative estimate of drug-likeness (QED) is 0.718. The number of aryl methyl sites for hydroxylation is 2. The number of rotatable bonds is 5. The van der Waals surface area contributed by atoms with Gasteiger partial charge in [-0.25, -0.2) is 0 Å². The lowest BCUT2D eigenvalue weighted by Crippen LogP contribution is -2.20. The van der Waals surface area contributed by atoms with Crippen molar-refractivity contribution < 1.29 is 27.4 Å². The van der Waals surface area contributed by atoms with E-state index in [2.05, 4.69) is 15.4 Å². The van der Waals surface area contributed by atoms with E-state index >= 15 is 0 Å². The molecule has 0 aliphatic heterocycles. The van der Waals surface area contributed by atoms with E-state index < -0.39 is 24.3 Å². The highest BCUT2D eigenvalue weighted by Crippen LogP contribution is 2.37. The average molecular weight is 394 g/mol. The first-order valence-electron chi connectivity index (χ1n) is 8.17. The van der Waals surface area contributed by atoms with Crippen LogP contribution in [0.3, 0.4) is 0 Å². The van der Waals surface area contributed by atoms with E-state index in [1.165, 1.54) is 25.8 Å². The third kappa shape index (κ3) is 4.00. The summed E-state index contributed by atoms with van der Waals surface area (Å²) in [5.41, 5.74) is -0.212. The number of aromatic nitrogens is 3. The fraction of sp³-hybridized carbons (Fsp3) is 0.278. The topological polar surface area (TPSA) is 78.3 Å². The Morgan fingerprint density at radius 3 is 2.71 bits per heavy atom. The zero-order valence-electron chi connectivity index (χ0n) is 15.3. The number of hydrogen-bond acceptors (Lipinski definition) is 5. The normalized spacial score (nSPS) is 11.5. The molecule has 0 bridgehead atoms. The number of amides is 1. The van der Waals surface area contributed by atoms with Crippen molar-refractivity contribution in [3.05, 3.63) is 41.6 Å². The highest BCUT2D eigenvalue weighted by Gasteiger charge is 2.35.